The van der Waals surface area contributed by atoms with Gasteiger partial charge in [0.05, 0.1) is 14.2 Å². The molecule has 156 valence electrons. The highest BCUT2D eigenvalue weighted by molar-refractivity contribution is 5.92. The number of benzene rings is 2. The molecule has 0 atom stereocenters. The fourth-order valence-corrected chi connectivity index (χ4v) is 2.54. The van der Waals surface area contributed by atoms with Gasteiger partial charge in [-0.05, 0) is 42.5 Å². The van der Waals surface area contributed by atoms with E-state index in [1.807, 2.05) is 19.1 Å². The maximum Gasteiger partial charge on any atom is 0.330 e. The number of carbonyl (C=O) groups excluding carboxylic acids is 2. The predicted octanol–water partition coefficient (Wildman–Crippen LogP) is 1.85. The minimum atomic E-state index is -0.662. The number of carbonyl (C=O) groups is 2. The van der Waals surface area contributed by atoms with Crippen LogP contribution >= 0.6 is 0 Å². The molecule has 1 amide bonds. The maximum absolute atomic E-state index is 12.0. The van der Waals surface area contributed by atoms with E-state index < -0.39 is 18.5 Å². The summed E-state index contributed by atoms with van der Waals surface area (Å²) in [6.07, 6.45) is 0. The molecule has 1 N–H and O–H groups in total. The van der Waals surface area contributed by atoms with Crippen LogP contribution in [0.25, 0.3) is 11.4 Å². The molecule has 3 aromatic rings. The number of anilines is 1. The summed E-state index contributed by atoms with van der Waals surface area (Å²) in [5.41, 5.74) is 2.34. The summed E-state index contributed by atoms with van der Waals surface area (Å²) in [5.74, 6) is 0.294. The zero-order valence-electron chi connectivity index (χ0n) is 16.8. The molecule has 2 aromatic carbocycles. The lowest BCUT2D eigenvalue weighted by Gasteiger charge is -2.07. The molecular weight excluding hydrogens is 390 g/mol. The minimum absolute atomic E-state index is 0.280. The van der Waals surface area contributed by atoms with E-state index in [0.29, 0.717) is 28.6 Å². The van der Waals surface area contributed by atoms with E-state index >= 15 is 0 Å². The standard InChI is InChI=1S/C20H21N5O5/c1-13-4-7-15(8-5-13)21-18(26)12-30-19(27)11-25-23-20(22-24-25)14-6-9-16(28-2)17(10-14)29-3/h4-10H,11-12H2,1-3H3,(H,21,26). The van der Waals surface area contributed by atoms with Gasteiger partial charge in [-0.15, -0.1) is 10.2 Å². The third-order valence-corrected chi connectivity index (χ3v) is 4.06. The first-order valence-corrected chi connectivity index (χ1v) is 9.01. The molecule has 1 heterocycles. The number of hydrogen-bond acceptors (Lipinski definition) is 8. The zero-order chi connectivity index (χ0) is 21.5. The number of hydrogen-bond donors (Lipinski definition) is 1. The molecule has 30 heavy (non-hydrogen) atoms. The Bertz CT molecular complexity index is 1030. The van der Waals surface area contributed by atoms with Crippen LogP contribution in [0.2, 0.25) is 0 Å². The molecule has 0 aliphatic rings. The van der Waals surface area contributed by atoms with Gasteiger partial charge in [0.25, 0.3) is 5.91 Å². The lowest BCUT2D eigenvalue weighted by atomic mass is 10.2. The SMILES string of the molecule is COc1ccc(-c2nnn(CC(=O)OCC(=O)Nc3ccc(C)cc3)n2)cc1OC. The molecule has 0 saturated heterocycles. The van der Waals surface area contributed by atoms with Gasteiger partial charge in [0.1, 0.15) is 0 Å². The lowest BCUT2D eigenvalue weighted by molar-refractivity contribution is -0.148. The highest BCUT2D eigenvalue weighted by Gasteiger charge is 2.14. The summed E-state index contributed by atoms with van der Waals surface area (Å²) < 4.78 is 15.4. The largest absolute Gasteiger partial charge is 0.493 e. The summed E-state index contributed by atoms with van der Waals surface area (Å²) >= 11 is 0. The number of nitrogens with one attached hydrogen (secondary N) is 1. The fraction of sp³-hybridized carbons (Fsp3) is 0.250. The number of methoxy groups -OCH3 is 2. The van der Waals surface area contributed by atoms with Crippen molar-refractivity contribution in [2.45, 2.75) is 13.5 Å². The van der Waals surface area contributed by atoms with Gasteiger partial charge < -0.3 is 19.5 Å². The van der Waals surface area contributed by atoms with E-state index in [9.17, 15) is 9.59 Å². The summed E-state index contributed by atoms with van der Waals surface area (Å²) in [4.78, 5) is 25.0. The van der Waals surface area contributed by atoms with Gasteiger partial charge in [0.2, 0.25) is 5.82 Å². The molecule has 10 heteroatoms. The highest BCUT2D eigenvalue weighted by atomic mass is 16.5. The molecule has 10 nitrogen and oxygen atoms in total. The Hall–Kier alpha value is -3.95. The third kappa shape index (κ3) is 5.31. The molecular formula is C20H21N5O5. The number of esters is 1. The van der Waals surface area contributed by atoms with Crippen LogP contribution < -0.4 is 14.8 Å². The highest BCUT2D eigenvalue weighted by Crippen LogP contribution is 2.30. The number of aryl methyl sites for hydroxylation is 1. The summed E-state index contributed by atoms with van der Waals surface area (Å²) in [5, 5.41) is 14.6. The lowest BCUT2D eigenvalue weighted by Crippen LogP contribution is -2.23. The Morgan fingerprint density at radius 1 is 1.03 bits per heavy atom. The number of nitrogens with zero attached hydrogens (tertiary/aromatic N) is 4. The van der Waals surface area contributed by atoms with Crippen LogP contribution in [0.5, 0.6) is 11.5 Å². The van der Waals surface area contributed by atoms with Crippen LogP contribution in [-0.4, -0.2) is 52.9 Å². The Morgan fingerprint density at radius 2 is 1.77 bits per heavy atom. The third-order valence-electron chi connectivity index (χ3n) is 4.06. The number of aromatic nitrogens is 4. The smallest absolute Gasteiger partial charge is 0.330 e. The number of amides is 1. The van der Waals surface area contributed by atoms with Crippen LogP contribution in [0.3, 0.4) is 0 Å². The quantitative estimate of drug-likeness (QED) is 0.558. The molecule has 0 unspecified atom stereocenters. The second-order valence-corrected chi connectivity index (χ2v) is 6.29. The number of rotatable bonds is 8. The van der Waals surface area contributed by atoms with Crippen molar-refractivity contribution in [3.05, 3.63) is 48.0 Å². The Labute approximate surface area is 172 Å². The van der Waals surface area contributed by atoms with Crippen molar-refractivity contribution in [2.75, 3.05) is 26.1 Å². The first kappa shape index (κ1) is 20.8. The van der Waals surface area contributed by atoms with Crippen molar-refractivity contribution in [3.8, 4) is 22.9 Å². The molecule has 0 radical (unpaired) electrons. The summed E-state index contributed by atoms with van der Waals surface area (Å²) in [6.45, 7) is 1.25. The Balaban J connectivity index is 1.53. The number of tetrazole rings is 1. The van der Waals surface area contributed by atoms with Gasteiger partial charge in [-0.3, -0.25) is 4.79 Å². The molecule has 1 aromatic heterocycles. The molecule has 3 rings (SSSR count). The average molecular weight is 411 g/mol. The van der Waals surface area contributed by atoms with Gasteiger partial charge in [-0.2, -0.15) is 4.80 Å². The van der Waals surface area contributed by atoms with E-state index in [2.05, 4.69) is 20.7 Å². The van der Waals surface area contributed by atoms with Crippen molar-refractivity contribution in [2.24, 2.45) is 0 Å². The van der Waals surface area contributed by atoms with Crippen molar-refractivity contribution in [1.29, 1.82) is 0 Å². The van der Waals surface area contributed by atoms with Gasteiger partial charge >= 0.3 is 5.97 Å². The maximum atomic E-state index is 12.0. The van der Waals surface area contributed by atoms with E-state index in [4.69, 9.17) is 14.2 Å². The van der Waals surface area contributed by atoms with E-state index in [0.717, 1.165) is 10.4 Å². The predicted molar refractivity (Wildman–Crippen MR) is 107 cm³/mol. The average Bonchev–Trinajstić information content (AvgIpc) is 3.21. The monoisotopic (exact) mass is 411 g/mol. The van der Waals surface area contributed by atoms with Gasteiger partial charge in [-0.1, -0.05) is 17.7 Å². The zero-order valence-corrected chi connectivity index (χ0v) is 16.8. The fourth-order valence-electron chi connectivity index (χ4n) is 2.54. The summed E-state index contributed by atoms with van der Waals surface area (Å²) in [7, 11) is 3.07. The van der Waals surface area contributed by atoms with Crippen molar-refractivity contribution in [3.63, 3.8) is 0 Å². The van der Waals surface area contributed by atoms with Gasteiger partial charge in [0.15, 0.2) is 24.7 Å². The van der Waals surface area contributed by atoms with Crippen LogP contribution in [0, 0.1) is 6.92 Å². The first-order chi connectivity index (χ1) is 14.5. The molecule has 0 bridgehead atoms. The van der Waals surface area contributed by atoms with E-state index in [1.165, 1.54) is 7.11 Å². The molecule has 0 aliphatic carbocycles. The first-order valence-electron chi connectivity index (χ1n) is 9.01. The second-order valence-electron chi connectivity index (χ2n) is 6.29. The summed E-state index contributed by atoms with van der Waals surface area (Å²) in [6, 6.07) is 12.4. The normalized spacial score (nSPS) is 10.4. The van der Waals surface area contributed by atoms with Crippen LogP contribution in [0.4, 0.5) is 5.69 Å². The molecule has 0 aliphatic heterocycles. The van der Waals surface area contributed by atoms with E-state index in [-0.39, 0.29) is 6.54 Å². The Kier molecular flexibility index (Phi) is 6.58. The molecule has 0 spiro atoms. The van der Waals surface area contributed by atoms with Crippen molar-refractivity contribution < 1.29 is 23.8 Å². The minimum Gasteiger partial charge on any atom is -0.493 e. The second kappa shape index (κ2) is 9.50. The van der Waals surface area contributed by atoms with E-state index in [1.54, 1.807) is 37.4 Å². The van der Waals surface area contributed by atoms with Crippen LogP contribution in [0.1, 0.15) is 5.56 Å². The molecule has 0 saturated carbocycles. The topological polar surface area (TPSA) is 117 Å². The Morgan fingerprint density at radius 3 is 2.47 bits per heavy atom. The van der Waals surface area contributed by atoms with Gasteiger partial charge in [-0.25, -0.2) is 4.79 Å². The molecule has 0 fully saturated rings. The van der Waals surface area contributed by atoms with Crippen LogP contribution in [-0.2, 0) is 20.9 Å². The number of ether oxygens (including phenoxy) is 3. The van der Waals surface area contributed by atoms with Crippen molar-refractivity contribution in [1.82, 2.24) is 20.2 Å². The van der Waals surface area contributed by atoms with Gasteiger partial charge in [0, 0.05) is 11.3 Å². The van der Waals surface area contributed by atoms with Crippen LogP contribution in [0.15, 0.2) is 42.5 Å². The van der Waals surface area contributed by atoms with Crippen molar-refractivity contribution >= 4 is 17.6 Å².